The van der Waals surface area contributed by atoms with Crippen LogP contribution >= 0.6 is 0 Å². The van der Waals surface area contributed by atoms with Gasteiger partial charge in [-0.15, -0.1) is 0 Å². The molecule has 0 unspecified atom stereocenters. The first-order valence-electron chi connectivity index (χ1n) is 12.3. The summed E-state index contributed by atoms with van der Waals surface area (Å²) in [6, 6.07) is 12.2. The number of nitrogens with one attached hydrogen (secondary N) is 1. The number of ether oxygens (including phenoxy) is 5. The number of hydrazine groups is 1. The maximum atomic E-state index is 13.2. The molecule has 2 atom stereocenters. The minimum absolute atomic E-state index is 0.175. The molecule has 0 saturated carbocycles. The SMILES string of the molecule is COC(=O)[C@H]([C@@H](O)c1ccc(OC)c(OCc2ccccc2)c1)N(NC(=O)OC(C)(C)C)C(=O)OC(C)(C)C. The summed E-state index contributed by atoms with van der Waals surface area (Å²) in [6.07, 6.45) is -3.85. The fraction of sp³-hybridized carbons (Fsp3) is 0.464. The Hall–Kier alpha value is -3.99. The van der Waals surface area contributed by atoms with E-state index in [2.05, 4.69) is 5.43 Å². The summed E-state index contributed by atoms with van der Waals surface area (Å²) in [5.41, 5.74) is 1.40. The number of amides is 2. The molecule has 2 amide bonds. The van der Waals surface area contributed by atoms with Crippen LogP contribution < -0.4 is 14.9 Å². The van der Waals surface area contributed by atoms with Crippen LogP contribution in [0.3, 0.4) is 0 Å². The number of carbonyl (C=O) groups excluding carboxylic acids is 3. The van der Waals surface area contributed by atoms with Crippen LogP contribution in [0.25, 0.3) is 0 Å². The van der Waals surface area contributed by atoms with Crippen molar-refractivity contribution in [3.8, 4) is 11.5 Å². The van der Waals surface area contributed by atoms with Crippen molar-refractivity contribution in [1.82, 2.24) is 10.4 Å². The molecule has 0 saturated heterocycles. The van der Waals surface area contributed by atoms with E-state index < -0.39 is 41.5 Å². The second kappa shape index (κ2) is 13.2. The van der Waals surface area contributed by atoms with E-state index in [1.54, 1.807) is 47.6 Å². The molecule has 0 aliphatic heterocycles. The van der Waals surface area contributed by atoms with E-state index in [1.165, 1.54) is 19.2 Å². The van der Waals surface area contributed by atoms with Gasteiger partial charge in [-0.1, -0.05) is 36.4 Å². The summed E-state index contributed by atoms with van der Waals surface area (Å²) in [7, 11) is 2.55. The summed E-state index contributed by atoms with van der Waals surface area (Å²) in [6.45, 7) is 9.93. The Morgan fingerprint density at radius 3 is 2.05 bits per heavy atom. The smallest absolute Gasteiger partial charge is 0.430 e. The number of nitrogens with zero attached hydrogens (tertiary/aromatic N) is 1. The van der Waals surface area contributed by atoms with Crippen LogP contribution in [-0.2, 0) is 25.6 Å². The Morgan fingerprint density at radius 2 is 1.51 bits per heavy atom. The van der Waals surface area contributed by atoms with Gasteiger partial charge in [0.2, 0.25) is 0 Å². The number of aliphatic hydroxyl groups is 1. The lowest BCUT2D eigenvalue weighted by atomic mass is 10.0. The monoisotopic (exact) mass is 546 g/mol. The van der Waals surface area contributed by atoms with Gasteiger partial charge in [-0.3, -0.25) is 0 Å². The predicted octanol–water partition coefficient (Wildman–Crippen LogP) is 4.53. The van der Waals surface area contributed by atoms with Crippen LogP contribution in [0.4, 0.5) is 9.59 Å². The van der Waals surface area contributed by atoms with Gasteiger partial charge < -0.3 is 28.8 Å². The lowest BCUT2D eigenvalue weighted by Gasteiger charge is -2.34. The van der Waals surface area contributed by atoms with Crippen molar-refractivity contribution in [2.45, 2.75) is 71.5 Å². The fourth-order valence-corrected chi connectivity index (χ4v) is 3.34. The third-order valence-electron chi connectivity index (χ3n) is 4.99. The van der Waals surface area contributed by atoms with E-state index in [0.29, 0.717) is 10.8 Å². The Bertz CT molecular complexity index is 1120. The van der Waals surface area contributed by atoms with Crippen molar-refractivity contribution >= 4 is 18.2 Å². The highest BCUT2D eigenvalue weighted by Gasteiger charge is 2.42. The molecule has 39 heavy (non-hydrogen) atoms. The average molecular weight is 547 g/mol. The van der Waals surface area contributed by atoms with Gasteiger partial charge in [0, 0.05) is 0 Å². The van der Waals surface area contributed by atoms with Gasteiger partial charge in [0.15, 0.2) is 17.5 Å². The molecule has 0 aliphatic carbocycles. The third-order valence-corrected chi connectivity index (χ3v) is 4.99. The van der Waals surface area contributed by atoms with Crippen molar-refractivity contribution in [3.05, 3.63) is 59.7 Å². The zero-order valence-corrected chi connectivity index (χ0v) is 23.6. The second-order valence-electron chi connectivity index (χ2n) is 10.6. The quantitative estimate of drug-likeness (QED) is 0.278. The number of benzene rings is 2. The first-order valence-corrected chi connectivity index (χ1v) is 12.3. The summed E-state index contributed by atoms with van der Waals surface area (Å²) >= 11 is 0. The van der Waals surface area contributed by atoms with Crippen LogP contribution in [0, 0.1) is 0 Å². The van der Waals surface area contributed by atoms with Gasteiger partial charge in [0.05, 0.1) is 14.2 Å². The minimum Gasteiger partial charge on any atom is -0.493 e. The summed E-state index contributed by atoms with van der Waals surface area (Å²) < 4.78 is 26.8. The van der Waals surface area contributed by atoms with E-state index >= 15 is 0 Å². The number of methoxy groups -OCH3 is 2. The van der Waals surface area contributed by atoms with Gasteiger partial charge in [0.25, 0.3) is 0 Å². The van der Waals surface area contributed by atoms with E-state index in [0.717, 1.165) is 12.7 Å². The molecule has 0 fully saturated rings. The highest BCUT2D eigenvalue weighted by atomic mass is 16.6. The molecule has 214 valence electrons. The number of rotatable bonds is 8. The first-order chi connectivity index (χ1) is 18.1. The van der Waals surface area contributed by atoms with E-state index in [4.69, 9.17) is 23.7 Å². The predicted molar refractivity (Wildman–Crippen MR) is 142 cm³/mol. The van der Waals surface area contributed by atoms with Crippen LogP contribution in [0.2, 0.25) is 0 Å². The van der Waals surface area contributed by atoms with E-state index in [-0.39, 0.29) is 17.9 Å². The Morgan fingerprint density at radius 1 is 0.897 bits per heavy atom. The number of hydrogen-bond donors (Lipinski definition) is 2. The normalized spacial score (nSPS) is 12.9. The molecule has 2 aromatic rings. The summed E-state index contributed by atoms with van der Waals surface area (Å²) in [5, 5.41) is 11.9. The van der Waals surface area contributed by atoms with Crippen molar-refractivity contribution < 1.29 is 43.2 Å². The zero-order valence-electron chi connectivity index (χ0n) is 23.6. The van der Waals surface area contributed by atoms with Crippen LogP contribution in [0.15, 0.2) is 48.5 Å². The molecule has 2 aromatic carbocycles. The van der Waals surface area contributed by atoms with E-state index in [9.17, 15) is 19.5 Å². The highest BCUT2D eigenvalue weighted by molar-refractivity contribution is 5.84. The number of carbonyl (C=O) groups is 3. The molecule has 2 N–H and O–H groups in total. The Kier molecular flexibility index (Phi) is 10.6. The maximum absolute atomic E-state index is 13.2. The molecule has 11 heteroatoms. The van der Waals surface area contributed by atoms with Gasteiger partial charge in [-0.2, -0.15) is 5.01 Å². The van der Waals surface area contributed by atoms with Crippen LogP contribution in [-0.4, -0.2) is 59.7 Å². The van der Waals surface area contributed by atoms with Gasteiger partial charge in [0.1, 0.15) is 23.9 Å². The van der Waals surface area contributed by atoms with Crippen molar-refractivity contribution in [2.75, 3.05) is 14.2 Å². The lowest BCUT2D eigenvalue weighted by Crippen LogP contribution is -2.58. The molecular weight excluding hydrogens is 508 g/mol. The standard InChI is InChI=1S/C28H38N2O9/c1-27(2,3)38-25(33)29-30(26(34)39-28(4,5)6)22(24(32)36-8)23(31)19-14-15-20(35-7)21(16-19)37-17-18-12-10-9-11-13-18/h9-16,22-23,31H,17H2,1-8H3,(H,29,33)/t22-,23-/m0/s1. The average Bonchev–Trinajstić information content (AvgIpc) is 2.85. The maximum Gasteiger partial charge on any atom is 0.430 e. The summed E-state index contributed by atoms with van der Waals surface area (Å²) in [4.78, 5) is 38.7. The lowest BCUT2D eigenvalue weighted by molar-refractivity contribution is -0.153. The minimum atomic E-state index is -1.76. The molecule has 0 heterocycles. The molecular formula is C28H38N2O9. The Balaban J connectivity index is 2.47. The van der Waals surface area contributed by atoms with Crippen LogP contribution in [0.1, 0.15) is 58.8 Å². The first kappa shape index (κ1) is 31.2. The van der Waals surface area contributed by atoms with Gasteiger partial charge in [-0.05, 0) is 64.8 Å². The molecule has 0 aliphatic rings. The van der Waals surface area contributed by atoms with Crippen LogP contribution in [0.5, 0.6) is 11.5 Å². The van der Waals surface area contributed by atoms with Crippen molar-refractivity contribution in [3.63, 3.8) is 0 Å². The number of esters is 1. The third kappa shape index (κ3) is 9.68. The number of aliphatic hydroxyl groups excluding tert-OH is 1. The van der Waals surface area contributed by atoms with Crippen molar-refractivity contribution in [1.29, 1.82) is 0 Å². The molecule has 0 radical (unpaired) electrons. The molecule has 0 spiro atoms. The fourth-order valence-electron chi connectivity index (χ4n) is 3.34. The zero-order chi connectivity index (χ0) is 29.4. The second-order valence-corrected chi connectivity index (χ2v) is 10.6. The van der Waals surface area contributed by atoms with Gasteiger partial charge in [-0.25, -0.2) is 19.8 Å². The van der Waals surface area contributed by atoms with Crippen molar-refractivity contribution in [2.24, 2.45) is 0 Å². The number of hydrogen-bond acceptors (Lipinski definition) is 9. The van der Waals surface area contributed by atoms with Gasteiger partial charge >= 0.3 is 18.2 Å². The molecule has 2 rings (SSSR count). The Labute approximate surface area is 228 Å². The largest absolute Gasteiger partial charge is 0.493 e. The van der Waals surface area contributed by atoms with E-state index in [1.807, 2.05) is 30.3 Å². The highest BCUT2D eigenvalue weighted by Crippen LogP contribution is 2.33. The summed E-state index contributed by atoms with van der Waals surface area (Å²) in [5.74, 6) is -0.357. The molecule has 0 bridgehead atoms. The topological polar surface area (TPSA) is 133 Å². The molecule has 11 nitrogen and oxygen atoms in total. The molecule has 0 aromatic heterocycles.